The van der Waals surface area contributed by atoms with E-state index in [2.05, 4.69) is 10.6 Å². The molecule has 0 aliphatic rings. The van der Waals surface area contributed by atoms with Crippen LogP contribution in [0.5, 0.6) is 5.75 Å². The maximum Gasteiger partial charge on any atom is 0.257 e. The summed E-state index contributed by atoms with van der Waals surface area (Å²) in [5.41, 5.74) is 6.57. The molecular formula is C15H23N3O4. The van der Waals surface area contributed by atoms with Gasteiger partial charge in [0.2, 0.25) is 0 Å². The van der Waals surface area contributed by atoms with Crippen molar-refractivity contribution in [2.75, 3.05) is 39.1 Å². The average molecular weight is 309 g/mol. The molecule has 0 heterocycles. The summed E-state index contributed by atoms with van der Waals surface area (Å²) in [7, 11) is 1.56. The summed E-state index contributed by atoms with van der Waals surface area (Å²) in [4.78, 5) is 23.3. The quantitative estimate of drug-likeness (QED) is 0.456. The molecule has 7 nitrogen and oxygen atoms in total. The summed E-state index contributed by atoms with van der Waals surface area (Å²) in [6.45, 7) is 3.33. The van der Waals surface area contributed by atoms with Crippen molar-refractivity contribution in [3.05, 3.63) is 23.8 Å². The number of methoxy groups -OCH3 is 1. The number of hydrogen-bond donors (Lipinski definition) is 3. The highest BCUT2D eigenvalue weighted by molar-refractivity contribution is 5.95. The maximum atomic E-state index is 11.8. The van der Waals surface area contributed by atoms with E-state index >= 15 is 0 Å². The van der Waals surface area contributed by atoms with Crippen LogP contribution < -0.4 is 21.1 Å². The molecule has 0 saturated carbocycles. The van der Waals surface area contributed by atoms with Gasteiger partial charge in [-0.1, -0.05) is 6.92 Å². The first-order valence-corrected chi connectivity index (χ1v) is 7.14. The number of nitrogens with one attached hydrogen (secondary N) is 2. The molecule has 0 atom stereocenters. The fourth-order valence-corrected chi connectivity index (χ4v) is 1.65. The molecule has 0 aliphatic heterocycles. The standard InChI is InChI=1S/C15H23N3O4/c1-3-6-17-14(19)10-22-13-5-4-11(9-12(13)16)15(20)18-7-8-21-2/h4-5,9H,3,6-8,10,16H2,1-2H3,(H,17,19)(H,18,20). The van der Waals surface area contributed by atoms with Crippen molar-refractivity contribution in [3.63, 3.8) is 0 Å². The third kappa shape index (κ3) is 6.01. The summed E-state index contributed by atoms with van der Waals surface area (Å²) in [5, 5.41) is 5.40. The zero-order valence-electron chi connectivity index (χ0n) is 13.0. The minimum Gasteiger partial charge on any atom is -0.482 e. The normalized spacial score (nSPS) is 10.1. The highest BCUT2D eigenvalue weighted by Crippen LogP contribution is 2.22. The molecular weight excluding hydrogens is 286 g/mol. The van der Waals surface area contributed by atoms with Crippen molar-refractivity contribution in [3.8, 4) is 5.75 Å². The van der Waals surface area contributed by atoms with E-state index < -0.39 is 0 Å². The van der Waals surface area contributed by atoms with Crippen LogP contribution >= 0.6 is 0 Å². The first-order chi connectivity index (χ1) is 10.6. The Morgan fingerprint density at radius 1 is 1.23 bits per heavy atom. The largest absolute Gasteiger partial charge is 0.482 e. The second-order valence-electron chi connectivity index (χ2n) is 4.64. The Bertz CT molecular complexity index is 506. The van der Waals surface area contributed by atoms with Crippen LogP contribution in [0.1, 0.15) is 23.7 Å². The monoisotopic (exact) mass is 309 g/mol. The summed E-state index contributed by atoms with van der Waals surface area (Å²) >= 11 is 0. The summed E-state index contributed by atoms with van der Waals surface area (Å²) in [6.07, 6.45) is 0.862. The van der Waals surface area contributed by atoms with Gasteiger partial charge in [-0.25, -0.2) is 0 Å². The van der Waals surface area contributed by atoms with Crippen LogP contribution in [0.15, 0.2) is 18.2 Å². The van der Waals surface area contributed by atoms with E-state index in [0.717, 1.165) is 6.42 Å². The van der Waals surface area contributed by atoms with E-state index in [-0.39, 0.29) is 18.4 Å². The molecule has 0 aliphatic carbocycles. The van der Waals surface area contributed by atoms with Gasteiger partial charge in [-0.2, -0.15) is 0 Å². The van der Waals surface area contributed by atoms with Gasteiger partial charge < -0.3 is 25.8 Å². The molecule has 0 fully saturated rings. The number of carbonyl (C=O) groups excluding carboxylic acids is 2. The first kappa shape index (κ1) is 17.8. The van der Waals surface area contributed by atoms with Crippen molar-refractivity contribution in [1.82, 2.24) is 10.6 Å². The molecule has 0 unspecified atom stereocenters. The van der Waals surface area contributed by atoms with Gasteiger partial charge in [0, 0.05) is 25.8 Å². The van der Waals surface area contributed by atoms with Gasteiger partial charge >= 0.3 is 0 Å². The molecule has 0 radical (unpaired) electrons. The van der Waals surface area contributed by atoms with Crippen LogP contribution in [0.4, 0.5) is 5.69 Å². The second-order valence-corrected chi connectivity index (χ2v) is 4.64. The number of benzene rings is 1. The van der Waals surface area contributed by atoms with Crippen molar-refractivity contribution in [2.45, 2.75) is 13.3 Å². The summed E-state index contributed by atoms with van der Waals surface area (Å²) in [6, 6.07) is 4.69. The number of nitrogen functional groups attached to an aromatic ring is 1. The lowest BCUT2D eigenvalue weighted by atomic mass is 10.1. The van der Waals surface area contributed by atoms with Crippen LogP contribution in [0.3, 0.4) is 0 Å². The lowest BCUT2D eigenvalue weighted by Crippen LogP contribution is -2.29. The van der Waals surface area contributed by atoms with Gasteiger partial charge in [-0.15, -0.1) is 0 Å². The van der Waals surface area contributed by atoms with Crippen LogP contribution in [0, 0.1) is 0 Å². The van der Waals surface area contributed by atoms with Gasteiger partial charge in [0.15, 0.2) is 6.61 Å². The molecule has 0 bridgehead atoms. The number of hydrogen-bond acceptors (Lipinski definition) is 5. The minimum atomic E-state index is -0.240. The summed E-state index contributed by atoms with van der Waals surface area (Å²) in [5.74, 6) is -0.0706. The number of nitrogens with two attached hydrogens (primary N) is 1. The molecule has 7 heteroatoms. The molecule has 22 heavy (non-hydrogen) atoms. The smallest absolute Gasteiger partial charge is 0.257 e. The van der Waals surface area contributed by atoms with E-state index in [1.807, 2.05) is 6.92 Å². The number of ether oxygens (including phenoxy) is 2. The van der Waals surface area contributed by atoms with E-state index in [0.29, 0.717) is 36.7 Å². The molecule has 122 valence electrons. The lowest BCUT2D eigenvalue weighted by Gasteiger charge is -2.10. The van der Waals surface area contributed by atoms with Crippen LogP contribution in [0.2, 0.25) is 0 Å². The second kappa shape index (κ2) is 9.62. The third-order valence-corrected chi connectivity index (χ3v) is 2.79. The van der Waals surface area contributed by atoms with Gasteiger partial charge in [0.05, 0.1) is 12.3 Å². The predicted octanol–water partition coefficient (Wildman–Crippen LogP) is 0.550. The number of carbonyl (C=O) groups is 2. The van der Waals surface area contributed by atoms with Crippen molar-refractivity contribution < 1.29 is 19.1 Å². The number of rotatable bonds is 9. The fourth-order valence-electron chi connectivity index (χ4n) is 1.65. The van der Waals surface area contributed by atoms with Crippen LogP contribution in [0.25, 0.3) is 0 Å². The molecule has 1 rings (SSSR count). The molecule has 1 aromatic carbocycles. The predicted molar refractivity (Wildman–Crippen MR) is 83.9 cm³/mol. The average Bonchev–Trinajstić information content (AvgIpc) is 2.51. The van der Waals surface area contributed by atoms with E-state index in [9.17, 15) is 9.59 Å². The zero-order valence-corrected chi connectivity index (χ0v) is 13.0. The van der Waals surface area contributed by atoms with Crippen LogP contribution in [-0.2, 0) is 9.53 Å². The molecule has 0 saturated heterocycles. The Balaban J connectivity index is 2.54. The highest BCUT2D eigenvalue weighted by Gasteiger charge is 2.09. The number of anilines is 1. The molecule has 2 amide bonds. The van der Waals surface area contributed by atoms with Gasteiger partial charge in [0.25, 0.3) is 11.8 Å². The Kier molecular flexibility index (Phi) is 7.77. The van der Waals surface area contributed by atoms with Gasteiger partial charge in [-0.05, 0) is 24.6 Å². The van der Waals surface area contributed by atoms with Crippen molar-refractivity contribution in [2.24, 2.45) is 0 Å². The molecule has 0 aromatic heterocycles. The van der Waals surface area contributed by atoms with Crippen molar-refractivity contribution >= 4 is 17.5 Å². The SMILES string of the molecule is CCCNC(=O)COc1ccc(C(=O)NCCOC)cc1N. The maximum absolute atomic E-state index is 11.8. The van der Waals surface area contributed by atoms with E-state index in [4.69, 9.17) is 15.2 Å². The molecule has 0 spiro atoms. The van der Waals surface area contributed by atoms with Crippen LogP contribution in [-0.4, -0.2) is 45.2 Å². The number of amides is 2. The van der Waals surface area contributed by atoms with Crippen molar-refractivity contribution in [1.29, 1.82) is 0 Å². The van der Waals surface area contributed by atoms with Gasteiger partial charge in [0.1, 0.15) is 5.75 Å². The lowest BCUT2D eigenvalue weighted by molar-refractivity contribution is -0.123. The molecule has 4 N–H and O–H groups in total. The third-order valence-electron chi connectivity index (χ3n) is 2.79. The Hall–Kier alpha value is -2.28. The first-order valence-electron chi connectivity index (χ1n) is 7.14. The minimum absolute atomic E-state index is 0.108. The highest BCUT2D eigenvalue weighted by atomic mass is 16.5. The topological polar surface area (TPSA) is 103 Å². The van der Waals surface area contributed by atoms with E-state index in [1.54, 1.807) is 19.2 Å². The molecule has 1 aromatic rings. The fraction of sp³-hybridized carbons (Fsp3) is 0.467. The Labute approximate surface area is 130 Å². The summed E-state index contributed by atoms with van der Waals surface area (Å²) < 4.78 is 10.2. The Morgan fingerprint density at radius 3 is 2.64 bits per heavy atom. The zero-order chi connectivity index (χ0) is 16.4. The van der Waals surface area contributed by atoms with E-state index in [1.165, 1.54) is 6.07 Å². The van der Waals surface area contributed by atoms with Gasteiger partial charge in [-0.3, -0.25) is 9.59 Å². The Morgan fingerprint density at radius 2 is 2.00 bits per heavy atom.